The average molecular weight is 270 g/mol. The predicted molar refractivity (Wildman–Crippen MR) is 74.0 cm³/mol. The number of ether oxygens (including phenoxy) is 1. The maximum atomic E-state index is 12.4. The number of ketones is 1. The Morgan fingerprint density at radius 2 is 2.20 bits per heavy atom. The molecule has 2 spiro atoms. The second-order valence-corrected chi connectivity index (χ2v) is 8.43. The van der Waals surface area contributed by atoms with E-state index in [1.54, 1.807) is 5.57 Å². The van der Waals surface area contributed by atoms with Crippen molar-refractivity contribution in [3.63, 3.8) is 0 Å². The highest BCUT2D eigenvalue weighted by Gasteiger charge is 2.74. The molecule has 8 rings (SSSR count). The number of allylic oxidation sites excluding steroid dienone is 1. The second kappa shape index (κ2) is 3.09. The van der Waals surface area contributed by atoms with Gasteiger partial charge in [0.2, 0.25) is 0 Å². The van der Waals surface area contributed by atoms with Crippen LogP contribution >= 0.6 is 0 Å². The first-order chi connectivity index (χ1) is 9.76. The van der Waals surface area contributed by atoms with E-state index in [0.717, 1.165) is 31.3 Å². The third-order valence-electron chi connectivity index (χ3n) is 8.32. The maximum absolute atomic E-state index is 12.4. The molecular weight excluding hydrogens is 248 g/mol. The largest absolute Gasteiger partial charge is 0.377 e. The van der Waals surface area contributed by atoms with Crippen molar-refractivity contribution < 1.29 is 9.53 Å². The number of hydrogen-bond donors (Lipinski definition) is 0. The van der Waals surface area contributed by atoms with Gasteiger partial charge >= 0.3 is 0 Å². The van der Waals surface area contributed by atoms with Gasteiger partial charge in [0.15, 0.2) is 0 Å². The predicted octanol–water partition coefficient (Wildman–Crippen LogP) is 3.12. The van der Waals surface area contributed by atoms with Gasteiger partial charge in [-0.15, -0.1) is 0 Å². The van der Waals surface area contributed by atoms with Crippen LogP contribution in [-0.2, 0) is 9.53 Å². The highest BCUT2D eigenvalue weighted by atomic mass is 16.5. The number of rotatable bonds is 0. The summed E-state index contributed by atoms with van der Waals surface area (Å²) < 4.78 is 6.41. The average Bonchev–Trinajstić information content (AvgIpc) is 2.85. The summed E-state index contributed by atoms with van der Waals surface area (Å²) in [4.78, 5) is 12.4. The number of carbonyl (C=O) groups excluding carboxylic acids is 1. The Balaban J connectivity index is 1.63. The number of carbonyl (C=O) groups is 1. The van der Waals surface area contributed by atoms with E-state index < -0.39 is 0 Å². The summed E-state index contributed by atoms with van der Waals surface area (Å²) in [5, 5.41) is 0. The van der Waals surface area contributed by atoms with E-state index in [2.05, 4.69) is 6.08 Å². The van der Waals surface area contributed by atoms with Crippen molar-refractivity contribution in [2.75, 3.05) is 6.61 Å². The standard InChI is InChI=1S/C18H22O2/c19-15-8-17-4-5-18-11-2-1-3-12(18)13(17)6-10(15)7-14(17)16(18)20-9-11/h3,10-11,13-14,16H,1-2,4-9H2/t10?,11-,13-,14+,16+,17-,18+/m0/s1. The Morgan fingerprint density at radius 3 is 3.15 bits per heavy atom. The van der Waals surface area contributed by atoms with Crippen LogP contribution in [0.3, 0.4) is 0 Å². The van der Waals surface area contributed by atoms with Crippen LogP contribution in [-0.4, -0.2) is 18.5 Å². The molecule has 2 heteroatoms. The zero-order valence-electron chi connectivity index (χ0n) is 11.9. The van der Waals surface area contributed by atoms with Crippen molar-refractivity contribution in [3.8, 4) is 0 Å². The molecule has 0 N–H and O–H groups in total. The minimum atomic E-state index is 0.316. The van der Waals surface area contributed by atoms with Crippen molar-refractivity contribution in [1.82, 2.24) is 0 Å². The second-order valence-electron chi connectivity index (χ2n) is 8.43. The SMILES string of the molecule is O=C1C[C@]23CC[C@]45C6=CCC[C@H]4CO[C@@H]5[C@H]2CC1C[C@@H]63. The Hall–Kier alpha value is -0.630. The van der Waals surface area contributed by atoms with Gasteiger partial charge in [0.1, 0.15) is 5.78 Å². The molecule has 7 fully saturated rings. The Kier molecular flexibility index (Phi) is 1.70. The van der Waals surface area contributed by atoms with Crippen molar-refractivity contribution in [3.05, 3.63) is 11.6 Å². The van der Waals surface area contributed by atoms with Crippen LogP contribution in [0.1, 0.15) is 44.9 Å². The van der Waals surface area contributed by atoms with Crippen LogP contribution in [0.15, 0.2) is 11.6 Å². The van der Waals surface area contributed by atoms with Crippen LogP contribution < -0.4 is 0 Å². The van der Waals surface area contributed by atoms with Crippen LogP contribution in [0.25, 0.3) is 0 Å². The summed E-state index contributed by atoms with van der Waals surface area (Å²) in [6.45, 7) is 1.000. The van der Waals surface area contributed by atoms with Gasteiger partial charge in [-0.05, 0) is 61.7 Å². The number of hydrogen-bond acceptors (Lipinski definition) is 2. The zero-order valence-corrected chi connectivity index (χ0v) is 11.9. The Morgan fingerprint density at radius 1 is 1.25 bits per heavy atom. The monoisotopic (exact) mass is 270 g/mol. The van der Waals surface area contributed by atoms with Gasteiger partial charge in [0.25, 0.3) is 0 Å². The van der Waals surface area contributed by atoms with E-state index in [1.165, 1.54) is 32.1 Å². The fourth-order valence-corrected chi connectivity index (χ4v) is 7.70. The van der Waals surface area contributed by atoms with Gasteiger partial charge < -0.3 is 4.74 Å². The third-order valence-corrected chi connectivity index (χ3v) is 8.32. The lowest BCUT2D eigenvalue weighted by molar-refractivity contribution is -0.202. The maximum Gasteiger partial charge on any atom is 0.136 e. The molecule has 0 amide bonds. The molecule has 1 saturated heterocycles. The van der Waals surface area contributed by atoms with E-state index in [-0.39, 0.29) is 0 Å². The molecule has 7 aliphatic carbocycles. The van der Waals surface area contributed by atoms with Gasteiger partial charge in [0.05, 0.1) is 12.7 Å². The zero-order chi connectivity index (χ0) is 13.1. The van der Waals surface area contributed by atoms with Crippen LogP contribution in [0.2, 0.25) is 0 Å². The van der Waals surface area contributed by atoms with Crippen LogP contribution in [0.5, 0.6) is 0 Å². The van der Waals surface area contributed by atoms with Crippen molar-refractivity contribution in [2.45, 2.75) is 51.0 Å². The minimum absolute atomic E-state index is 0.316. The quantitative estimate of drug-likeness (QED) is 0.632. The van der Waals surface area contributed by atoms with E-state index >= 15 is 0 Å². The lowest BCUT2D eigenvalue weighted by Crippen LogP contribution is -2.69. The fourth-order valence-electron chi connectivity index (χ4n) is 7.70. The summed E-state index contributed by atoms with van der Waals surface area (Å²) >= 11 is 0. The summed E-state index contributed by atoms with van der Waals surface area (Å²) in [7, 11) is 0. The van der Waals surface area contributed by atoms with Crippen LogP contribution in [0, 0.1) is 34.5 Å². The lowest BCUT2D eigenvalue weighted by atomic mass is 9.32. The fraction of sp³-hybridized carbons (Fsp3) is 0.833. The lowest BCUT2D eigenvalue weighted by Gasteiger charge is -2.71. The van der Waals surface area contributed by atoms with E-state index in [1.807, 2.05) is 0 Å². The van der Waals surface area contributed by atoms with E-state index in [9.17, 15) is 4.79 Å². The minimum Gasteiger partial charge on any atom is -0.377 e. The van der Waals surface area contributed by atoms with Gasteiger partial charge in [-0.1, -0.05) is 11.6 Å². The molecule has 0 aromatic rings. The Labute approximate surface area is 119 Å². The molecule has 0 aromatic heterocycles. The normalized spacial score (nSPS) is 61.5. The summed E-state index contributed by atoms with van der Waals surface area (Å²) in [6.07, 6.45) is 11.5. The summed E-state index contributed by atoms with van der Waals surface area (Å²) in [6, 6.07) is 0. The molecule has 20 heavy (non-hydrogen) atoms. The molecule has 8 aliphatic rings. The van der Waals surface area contributed by atoms with E-state index in [0.29, 0.717) is 34.6 Å². The molecule has 106 valence electrons. The molecule has 1 heterocycles. The van der Waals surface area contributed by atoms with Gasteiger partial charge in [-0.25, -0.2) is 0 Å². The van der Waals surface area contributed by atoms with Gasteiger partial charge in [0, 0.05) is 17.8 Å². The summed E-state index contributed by atoms with van der Waals surface area (Å²) in [5.74, 6) is 3.20. The van der Waals surface area contributed by atoms with Gasteiger partial charge in [-0.2, -0.15) is 0 Å². The molecule has 7 atom stereocenters. The molecule has 1 unspecified atom stereocenters. The number of fused-ring (bicyclic) bond motifs is 2. The molecule has 0 radical (unpaired) electrons. The van der Waals surface area contributed by atoms with E-state index in [4.69, 9.17) is 4.74 Å². The van der Waals surface area contributed by atoms with Crippen molar-refractivity contribution in [1.29, 1.82) is 0 Å². The van der Waals surface area contributed by atoms with Crippen molar-refractivity contribution in [2.24, 2.45) is 34.5 Å². The smallest absolute Gasteiger partial charge is 0.136 e. The molecular formula is C18H22O2. The highest BCUT2D eigenvalue weighted by Crippen LogP contribution is 2.77. The molecule has 0 aromatic carbocycles. The first-order valence-corrected chi connectivity index (χ1v) is 8.60. The Bertz CT molecular complexity index is 564. The molecule has 2 nitrogen and oxygen atoms in total. The van der Waals surface area contributed by atoms with Crippen molar-refractivity contribution >= 4 is 5.78 Å². The van der Waals surface area contributed by atoms with Crippen LogP contribution in [0.4, 0.5) is 0 Å². The molecule has 6 saturated carbocycles. The highest BCUT2D eigenvalue weighted by molar-refractivity contribution is 5.84. The third kappa shape index (κ3) is 0.889. The first kappa shape index (κ1) is 11.0. The van der Waals surface area contributed by atoms with Gasteiger partial charge in [-0.3, -0.25) is 4.79 Å². The molecule has 1 aliphatic heterocycles. The topological polar surface area (TPSA) is 26.3 Å². The first-order valence-electron chi connectivity index (χ1n) is 8.60. The molecule has 5 bridgehead atoms. The summed E-state index contributed by atoms with van der Waals surface area (Å²) in [5.41, 5.74) is 2.51. The number of Topliss-reactive ketones (excluding diaryl/α,β-unsaturated/α-hetero) is 1.